The molecule has 0 amide bonds. The van der Waals surface area contributed by atoms with E-state index in [1.165, 1.54) is 17.5 Å². The van der Waals surface area contributed by atoms with Gasteiger partial charge in [0.05, 0.1) is 0 Å². The van der Waals surface area contributed by atoms with Crippen molar-refractivity contribution >= 4 is 0 Å². The standard InChI is InChI=1S/C14H23N.2C2H6/c1-5-15-11-10-14(3,4)13-8-6-12(2)7-9-13;2*1-2/h6-9,15H,5,10-11H2,1-4H3;2*1-2H3. The number of nitrogens with one attached hydrogen (secondary N) is 1. The minimum atomic E-state index is 0.274. The Morgan fingerprint density at radius 2 is 1.42 bits per heavy atom. The van der Waals surface area contributed by atoms with Gasteiger partial charge in [0.25, 0.3) is 0 Å². The van der Waals surface area contributed by atoms with Crippen LogP contribution in [0.15, 0.2) is 24.3 Å². The molecule has 112 valence electrons. The molecule has 0 unspecified atom stereocenters. The van der Waals surface area contributed by atoms with Crippen molar-refractivity contribution in [2.75, 3.05) is 13.1 Å². The Bertz CT molecular complexity index is 285. The van der Waals surface area contributed by atoms with E-state index >= 15 is 0 Å². The zero-order valence-corrected chi connectivity index (χ0v) is 14.4. The van der Waals surface area contributed by atoms with Gasteiger partial charge < -0.3 is 5.32 Å². The lowest BCUT2D eigenvalue weighted by Crippen LogP contribution is -2.25. The van der Waals surface area contributed by atoms with Crippen LogP contribution in [-0.2, 0) is 5.41 Å². The molecule has 0 atom stereocenters. The van der Waals surface area contributed by atoms with Gasteiger partial charge in [0.1, 0.15) is 0 Å². The van der Waals surface area contributed by atoms with Crippen molar-refractivity contribution in [2.24, 2.45) is 0 Å². The summed E-state index contributed by atoms with van der Waals surface area (Å²) in [5, 5.41) is 3.39. The lowest BCUT2D eigenvalue weighted by atomic mass is 9.81. The zero-order chi connectivity index (χ0) is 15.3. The first-order chi connectivity index (χ1) is 9.06. The summed E-state index contributed by atoms with van der Waals surface area (Å²) < 4.78 is 0. The second-order valence-corrected chi connectivity index (χ2v) is 4.85. The maximum Gasteiger partial charge on any atom is -0.00407 e. The third-order valence-electron chi connectivity index (χ3n) is 3.01. The number of benzene rings is 1. The SMILES string of the molecule is CC.CC.CCNCCC(C)(C)c1ccc(C)cc1. The second-order valence-electron chi connectivity index (χ2n) is 4.85. The van der Waals surface area contributed by atoms with Gasteiger partial charge in [-0.15, -0.1) is 0 Å². The van der Waals surface area contributed by atoms with Crippen LogP contribution in [-0.4, -0.2) is 13.1 Å². The molecule has 0 aliphatic heterocycles. The summed E-state index contributed by atoms with van der Waals surface area (Å²) in [6.45, 7) is 19.1. The normalized spacial score (nSPS) is 9.89. The predicted octanol–water partition coefficient (Wildman–Crippen LogP) is 5.32. The molecule has 1 aromatic rings. The van der Waals surface area contributed by atoms with Crippen LogP contribution >= 0.6 is 0 Å². The highest BCUT2D eigenvalue weighted by Crippen LogP contribution is 2.26. The van der Waals surface area contributed by atoms with Crippen LogP contribution in [0.3, 0.4) is 0 Å². The summed E-state index contributed by atoms with van der Waals surface area (Å²) in [5.41, 5.74) is 3.04. The molecule has 0 saturated heterocycles. The van der Waals surface area contributed by atoms with Crippen molar-refractivity contribution in [3.05, 3.63) is 35.4 Å². The number of rotatable bonds is 5. The molecule has 0 radical (unpaired) electrons. The minimum Gasteiger partial charge on any atom is -0.317 e. The van der Waals surface area contributed by atoms with Crippen molar-refractivity contribution in [2.45, 2.75) is 67.2 Å². The van der Waals surface area contributed by atoms with E-state index in [1.54, 1.807) is 0 Å². The fraction of sp³-hybridized carbons (Fsp3) is 0.667. The van der Waals surface area contributed by atoms with Gasteiger partial charge >= 0.3 is 0 Å². The van der Waals surface area contributed by atoms with E-state index in [9.17, 15) is 0 Å². The Morgan fingerprint density at radius 3 is 1.84 bits per heavy atom. The van der Waals surface area contributed by atoms with Crippen molar-refractivity contribution in [3.8, 4) is 0 Å². The van der Waals surface area contributed by atoms with Gasteiger partial charge in [-0.1, -0.05) is 78.3 Å². The van der Waals surface area contributed by atoms with Crippen molar-refractivity contribution in [3.63, 3.8) is 0 Å². The van der Waals surface area contributed by atoms with Crippen LogP contribution in [0, 0.1) is 6.92 Å². The lowest BCUT2D eigenvalue weighted by molar-refractivity contribution is 0.461. The summed E-state index contributed by atoms with van der Waals surface area (Å²) >= 11 is 0. The molecule has 0 aromatic heterocycles. The van der Waals surface area contributed by atoms with Gasteiger partial charge in [-0.3, -0.25) is 0 Å². The summed E-state index contributed by atoms with van der Waals surface area (Å²) in [4.78, 5) is 0. The number of aryl methyl sites for hydroxylation is 1. The summed E-state index contributed by atoms with van der Waals surface area (Å²) in [6, 6.07) is 8.90. The van der Waals surface area contributed by atoms with E-state index in [0.29, 0.717) is 0 Å². The largest absolute Gasteiger partial charge is 0.317 e. The van der Waals surface area contributed by atoms with Gasteiger partial charge in [0, 0.05) is 0 Å². The maximum atomic E-state index is 3.39. The fourth-order valence-electron chi connectivity index (χ4n) is 1.73. The molecule has 1 N–H and O–H groups in total. The molecule has 1 rings (SSSR count). The van der Waals surface area contributed by atoms with E-state index in [2.05, 4.69) is 57.3 Å². The molecule has 0 saturated carbocycles. The Morgan fingerprint density at radius 1 is 0.947 bits per heavy atom. The maximum absolute atomic E-state index is 3.39. The average molecular weight is 265 g/mol. The van der Waals surface area contributed by atoms with Crippen molar-refractivity contribution in [1.29, 1.82) is 0 Å². The summed E-state index contributed by atoms with van der Waals surface area (Å²) in [5.74, 6) is 0. The van der Waals surface area contributed by atoms with E-state index in [4.69, 9.17) is 0 Å². The predicted molar refractivity (Wildman–Crippen MR) is 90.1 cm³/mol. The van der Waals surface area contributed by atoms with E-state index in [-0.39, 0.29) is 5.41 Å². The van der Waals surface area contributed by atoms with Gasteiger partial charge in [0.15, 0.2) is 0 Å². The van der Waals surface area contributed by atoms with Crippen LogP contribution in [0.2, 0.25) is 0 Å². The van der Waals surface area contributed by atoms with Gasteiger partial charge in [-0.05, 0) is 37.4 Å². The lowest BCUT2D eigenvalue weighted by Gasteiger charge is -2.25. The molecule has 0 aliphatic carbocycles. The van der Waals surface area contributed by atoms with Crippen LogP contribution in [0.5, 0.6) is 0 Å². The Labute approximate surface area is 121 Å². The number of hydrogen-bond acceptors (Lipinski definition) is 1. The first-order valence-corrected chi connectivity index (χ1v) is 7.84. The van der Waals surface area contributed by atoms with Crippen LogP contribution in [0.25, 0.3) is 0 Å². The van der Waals surface area contributed by atoms with Gasteiger partial charge in [-0.2, -0.15) is 0 Å². The molecule has 1 nitrogen and oxygen atoms in total. The quantitative estimate of drug-likeness (QED) is 0.710. The molecule has 0 bridgehead atoms. The molecule has 1 heteroatoms. The molecule has 1 aromatic carbocycles. The molecular formula is C18H35N. The monoisotopic (exact) mass is 265 g/mol. The number of hydrogen-bond donors (Lipinski definition) is 1. The van der Waals surface area contributed by atoms with E-state index in [0.717, 1.165) is 13.1 Å². The first kappa shape index (κ1) is 20.5. The second kappa shape index (κ2) is 12.2. The Hall–Kier alpha value is -0.820. The van der Waals surface area contributed by atoms with Crippen molar-refractivity contribution in [1.82, 2.24) is 5.32 Å². The summed E-state index contributed by atoms with van der Waals surface area (Å²) in [6.07, 6.45) is 1.18. The Kier molecular flexibility index (Phi) is 13.2. The molecule has 0 spiro atoms. The third-order valence-corrected chi connectivity index (χ3v) is 3.01. The van der Waals surface area contributed by atoms with Gasteiger partial charge in [0.2, 0.25) is 0 Å². The molecule has 0 heterocycles. The fourth-order valence-corrected chi connectivity index (χ4v) is 1.73. The smallest absolute Gasteiger partial charge is 0.00407 e. The molecular weight excluding hydrogens is 230 g/mol. The third kappa shape index (κ3) is 8.83. The van der Waals surface area contributed by atoms with E-state index in [1.807, 2.05) is 27.7 Å². The average Bonchev–Trinajstić information content (AvgIpc) is 2.44. The highest BCUT2D eigenvalue weighted by molar-refractivity contribution is 5.27. The minimum absolute atomic E-state index is 0.274. The Balaban J connectivity index is 0. The topological polar surface area (TPSA) is 12.0 Å². The summed E-state index contributed by atoms with van der Waals surface area (Å²) in [7, 11) is 0. The molecule has 0 aliphatic rings. The van der Waals surface area contributed by atoms with Crippen LogP contribution in [0.1, 0.15) is 66.0 Å². The van der Waals surface area contributed by atoms with E-state index < -0.39 is 0 Å². The first-order valence-electron chi connectivity index (χ1n) is 7.84. The van der Waals surface area contributed by atoms with Gasteiger partial charge in [-0.25, -0.2) is 0 Å². The van der Waals surface area contributed by atoms with Crippen LogP contribution < -0.4 is 5.32 Å². The van der Waals surface area contributed by atoms with Crippen LogP contribution in [0.4, 0.5) is 0 Å². The molecule has 0 fully saturated rings. The molecule has 19 heavy (non-hydrogen) atoms. The zero-order valence-electron chi connectivity index (χ0n) is 14.4. The van der Waals surface area contributed by atoms with Crippen molar-refractivity contribution < 1.29 is 0 Å². The highest BCUT2D eigenvalue weighted by Gasteiger charge is 2.19. The highest BCUT2D eigenvalue weighted by atomic mass is 14.8.